The number of hydrogen-bond donors (Lipinski definition) is 2. The van der Waals surface area contributed by atoms with Crippen LogP contribution in [-0.4, -0.2) is 66.4 Å². The third-order valence-electron chi connectivity index (χ3n) is 3.60. The van der Waals surface area contributed by atoms with Gasteiger partial charge >= 0.3 is 17.9 Å². The molecule has 1 atom stereocenters. The summed E-state index contributed by atoms with van der Waals surface area (Å²) >= 11 is 0. The van der Waals surface area contributed by atoms with Crippen molar-refractivity contribution in [2.75, 3.05) is 27.7 Å². The van der Waals surface area contributed by atoms with Gasteiger partial charge in [-0.3, -0.25) is 14.4 Å². The van der Waals surface area contributed by atoms with E-state index in [1.165, 1.54) is 0 Å². The summed E-state index contributed by atoms with van der Waals surface area (Å²) in [6.45, 7) is 0.460. The lowest BCUT2D eigenvalue weighted by Crippen LogP contribution is -2.43. The number of aliphatic carboxylic acids is 2. The number of nitrogens with zero attached hydrogens (tertiary/aromatic N) is 1. The highest BCUT2D eigenvalue weighted by atomic mass is 16.5. The van der Waals surface area contributed by atoms with E-state index >= 15 is 0 Å². The highest BCUT2D eigenvalue weighted by Gasteiger charge is 2.24. The molecule has 0 heterocycles. The number of carbonyl (C=O) groups excluding carboxylic acids is 1. The van der Waals surface area contributed by atoms with E-state index < -0.39 is 18.0 Å². The number of quaternary nitrogens is 1. The van der Waals surface area contributed by atoms with Gasteiger partial charge in [-0.1, -0.05) is 42.9 Å². The molecule has 0 rings (SSSR count). The Balaban J connectivity index is 3.94. The molecule has 0 spiro atoms. The highest BCUT2D eigenvalue weighted by molar-refractivity contribution is 5.71. The first-order valence-electron chi connectivity index (χ1n) is 9.52. The Labute approximate surface area is 167 Å². The van der Waals surface area contributed by atoms with Gasteiger partial charge in [-0.05, 0) is 19.3 Å². The van der Waals surface area contributed by atoms with Crippen LogP contribution in [-0.2, 0) is 19.1 Å². The lowest BCUT2D eigenvalue weighted by Gasteiger charge is -2.28. The van der Waals surface area contributed by atoms with Crippen molar-refractivity contribution in [1.29, 1.82) is 0 Å². The first-order valence-corrected chi connectivity index (χ1v) is 9.52. The summed E-state index contributed by atoms with van der Waals surface area (Å²) in [7, 11) is 5.78. The first kappa shape index (κ1) is 25.6. The van der Waals surface area contributed by atoms with Gasteiger partial charge in [0.1, 0.15) is 6.54 Å². The zero-order valence-corrected chi connectivity index (χ0v) is 17.2. The van der Waals surface area contributed by atoms with Gasteiger partial charge in [-0.15, -0.1) is 0 Å². The number of carbonyl (C=O) groups is 3. The van der Waals surface area contributed by atoms with Gasteiger partial charge < -0.3 is 19.4 Å². The number of likely N-dealkylation sites (N-methyl/N-ethyl adjacent to an activating group) is 1. The molecule has 1 unspecified atom stereocenters. The van der Waals surface area contributed by atoms with E-state index in [1.807, 2.05) is 39.4 Å². The van der Waals surface area contributed by atoms with E-state index in [9.17, 15) is 14.4 Å². The monoisotopic (exact) mass is 396 g/mol. The second-order valence-corrected chi connectivity index (χ2v) is 7.62. The second kappa shape index (κ2) is 14.6. The van der Waals surface area contributed by atoms with Gasteiger partial charge in [-0.25, -0.2) is 0 Å². The summed E-state index contributed by atoms with van der Waals surface area (Å²) in [5.74, 6) is -2.16. The van der Waals surface area contributed by atoms with Gasteiger partial charge in [0, 0.05) is 6.42 Å². The van der Waals surface area contributed by atoms with E-state index in [0.717, 1.165) is 19.3 Å². The molecule has 0 aromatic heterocycles. The molecule has 0 aliphatic carbocycles. The molecule has 28 heavy (non-hydrogen) atoms. The molecule has 0 aliphatic heterocycles. The number of allylic oxidation sites excluding steroid dienone is 5. The number of rotatable bonds is 15. The minimum absolute atomic E-state index is 0.0167. The van der Waals surface area contributed by atoms with Crippen LogP contribution >= 0.6 is 0 Å². The Morgan fingerprint density at radius 2 is 1.54 bits per heavy atom. The maximum atomic E-state index is 11.9. The molecule has 158 valence electrons. The molecule has 0 bridgehead atoms. The Hall–Kier alpha value is -2.41. The van der Waals surface area contributed by atoms with Crippen molar-refractivity contribution in [1.82, 2.24) is 0 Å². The fourth-order valence-corrected chi connectivity index (χ4v) is 2.45. The van der Waals surface area contributed by atoms with Crippen LogP contribution in [0.5, 0.6) is 0 Å². The van der Waals surface area contributed by atoms with Crippen LogP contribution in [0.25, 0.3) is 0 Å². The van der Waals surface area contributed by atoms with Crippen molar-refractivity contribution in [3.05, 3.63) is 36.5 Å². The van der Waals surface area contributed by atoms with Crippen molar-refractivity contribution in [2.24, 2.45) is 0 Å². The van der Waals surface area contributed by atoms with Crippen molar-refractivity contribution >= 4 is 17.9 Å². The average molecular weight is 397 g/mol. The van der Waals surface area contributed by atoms with Crippen LogP contribution in [0, 0.1) is 0 Å². The zero-order chi connectivity index (χ0) is 21.4. The SMILES string of the molecule is C[N+](C)(C)CC(CC(=O)O)OC(=O)CCCCC/C=C/C=C/C=C/CC(=O)O. The predicted molar refractivity (Wildman–Crippen MR) is 108 cm³/mol. The van der Waals surface area contributed by atoms with Crippen LogP contribution in [0.1, 0.15) is 44.9 Å². The fourth-order valence-electron chi connectivity index (χ4n) is 2.45. The summed E-state index contributed by atoms with van der Waals surface area (Å²) in [5, 5.41) is 17.4. The molecule has 0 saturated carbocycles. The summed E-state index contributed by atoms with van der Waals surface area (Å²) in [5.41, 5.74) is 0. The Kier molecular flexibility index (Phi) is 13.4. The van der Waals surface area contributed by atoms with Crippen molar-refractivity contribution in [3.8, 4) is 0 Å². The maximum Gasteiger partial charge on any atom is 0.307 e. The fraction of sp³-hybridized carbons (Fsp3) is 0.571. The first-order chi connectivity index (χ1) is 13.1. The van der Waals surface area contributed by atoms with Crippen LogP contribution in [0.3, 0.4) is 0 Å². The Morgan fingerprint density at radius 3 is 2.11 bits per heavy atom. The zero-order valence-electron chi connectivity index (χ0n) is 17.2. The molecule has 0 aromatic rings. The van der Waals surface area contributed by atoms with Crippen LogP contribution in [0.2, 0.25) is 0 Å². The standard InChI is InChI=1S/C21H33NO6/c1-22(2,3)17-18(16-20(25)26)28-21(27)15-13-11-9-7-5-4-6-8-10-12-14-19(23)24/h4-6,8,10,12,18H,7,9,11,13-17H2,1-3H3,(H-,23,24,25,26)/p+1/b5-4+,8-6+,12-10+. The molecule has 2 N–H and O–H groups in total. The molecule has 0 saturated heterocycles. The molecule has 0 fully saturated rings. The molecule has 0 radical (unpaired) electrons. The molecule has 0 aliphatic rings. The number of carboxylic acid groups (broad SMARTS) is 2. The number of ether oxygens (including phenoxy) is 1. The average Bonchev–Trinajstić information content (AvgIpc) is 2.53. The number of unbranched alkanes of at least 4 members (excludes halogenated alkanes) is 3. The van der Waals surface area contributed by atoms with Crippen LogP contribution in [0.15, 0.2) is 36.5 Å². The lowest BCUT2D eigenvalue weighted by molar-refractivity contribution is -0.873. The van der Waals surface area contributed by atoms with Gasteiger partial charge in [0.2, 0.25) is 0 Å². The van der Waals surface area contributed by atoms with Gasteiger partial charge in [0.25, 0.3) is 0 Å². The molecular formula is C21H34NO6+. The van der Waals surface area contributed by atoms with Crippen molar-refractivity contribution in [3.63, 3.8) is 0 Å². The van der Waals surface area contributed by atoms with Crippen molar-refractivity contribution in [2.45, 2.75) is 51.0 Å². The van der Waals surface area contributed by atoms with Crippen molar-refractivity contribution < 1.29 is 33.8 Å². The minimum Gasteiger partial charge on any atom is -0.481 e. The number of hydrogen-bond acceptors (Lipinski definition) is 4. The van der Waals surface area contributed by atoms with Crippen LogP contribution in [0.4, 0.5) is 0 Å². The second-order valence-electron chi connectivity index (χ2n) is 7.62. The molecular weight excluding hydrogens is 362 g/mol. The van der Waals surface area contributed by atoms with E-state index in [2.05, 4.69) is 0 Å². The maximum absolute atomic E-state index is 11.9. The number of esters is 1. The topological polar surface area (TPSA) is 101 Å². The summed E-state index contributed by atoms with van der Waals surface area (Å²) in [4.78, 5) is 33.2. The number of carboxylic acids is 2. The third-order valence-corrected chi connectivity index (χ3v) is 3.60. The Bertz CT molecular complexity index is 572. The molecule has 0 aromatic carbocycles. The molecule has 0 amide bonds. The van der Waals surface area contributed by atoms with Gasteiger partial charge in [-0.2, -0.15) is 0 Å². The quantitative estimate of drug-likeness (QED) is 0.191. The minimum atomic E-state index is -0.968. The molecule has 7 heteroatoms. The van der Waals surface area contributed by atoms with E-state index in [-0.39, 0.29) is 18.8 Å². The van der Waals surface area contributed by atoms with Gasteiger partial charge in [0.15, 0.2) is 6.10 Å². The third kappa shape index (κ3) is 18.4. The van der Waals surface area contributed by atoms with E-state index in [4.69, 9.17) is 14.9 Å². The van der Waals surface area contributed by atoms with E-state index in [0.29, 0.717) is 23.9 Å². The summed E-state index contributed by atoms with van der Waals surface area (Å²) in [6.07, 6.45) is 13.8. The molecule has 7 nitrogen and oxygen atoms in total. The summed E-state index contributed by atoms with van der Waals surface area (Å²) in [6, 6.07) is 0. The smallest absolute Gasteiger partial charge is 0.307 e. The normalized spacial score (nSPS) is 13.4. The summed E-state index contributed by atoms with van der Waals surface area (Å²) < 4.78 is 5.87. The predicted octanol–water partition coefficient (Wildman–Crippen LogP) is 3.17. The largest absolute Gasteiger partial charge is 0.481 e. The van der Waals surface area contributed by atoms with E-state index in [1.54, 1.807) is 18.2 Å². The van der Waals surface area contributed by atoms with Crippen LogP contribution < -0.4 is 0 Å². The Morgan fingerprint density at radius 1 is 0.893 bits per heavy atom. The lowest BCUT2D eigenvalue weighted by atomic mass is 10.1. The highest BCUT2D eigenvalue weighted by Crippen LogP contribution is 2.09. The van der Waals surface area contributed by atoms with Gasteiger partial charge in [0.05, 0.1) is 34.0 Å².